The van der Waals surface area contributed by atoms with E-state index in [1.165, 1.54) is 4.90 Å². The Balaban J connectivity index is 1.94. The molecule has 3 rings (SSSR count). The first-order valence-electron chi connectivity index (χ1n) is 8.50. The summed E-state index contributed by atoms with van der Waals surface area (Å²) < 4.78 is 37.1. The van der Waals surface area contributed by atoms with Crippen molar-refractivity contribution < 1.29 is 22.7 Å². The van der Waals surface area contributed by atoms with Crippen LogP contribution >= 0.6 is 0 Å². The van der Waals surface area contributed by atoms with Crippen molar-refractivity contribution in [3.8, 4) is 11.5 Å². The van der Waals surface area contributed by atoms with E-state index in [9.17, 15) is 13.2 Å². The molecule has 1 atom stereocenters. The van der Waals surface area contributed by atoms with Crippen LogP contribution in [0.3, 0.4) is 0 Å². The average molecular weight is 390 g/mol. The molecule has 27 heavy (non-hydrogen) atoms. The van der Waals surface area contributed by atoms with Crippen LogP contribution in [-0.4, -0.2) is 46.9 Å². The van der Waals surface area contributed by atoms with E-state index in [1.807, 2.05) is 18.2 Å². The molecule has 0 N–H and O–H groups in total. The Morgan fingerprint density at radius 3 is 2.26 bits per heavy atom. The fourth-order valence-electron chi connectivity index (χ4n) is 3.03. The molecule has 1 amide bonds. The quantitative estimate of drug-likeness (QED) is 0.783. The summed E-state index contributed by atoms with van der Waals surface area (Å²) in [7, 11) is -2.09. The van der Waals surface area contributed by atoms with Gasteiger partial charge in [0.1, 0.15) is 19.3 Å². The summed E-state index contributed by atoms with van der Waals surface area (Å²) in [5.74, 6) is 0.670. The Labute approximate surface area is 159 Å². The summed E-state index contributed by atoms with van der Waals surface area (Å²) >= 11 is 0. The van der Waals surface area contributed by atoms with Crippen LogP contribution in [0.15, 0.2) is 48.5 Å². The van der Waals surface area contributed by atoms with Gasteiger partial charge in [0, 0.05) is 18.8 Å². The minimum Gasteiger partial charge on any atom is -0.486 e. The van der Waals surface area contributed by atoms with Gasteiger partial charge in [-0.15, -0.1) is 0 Å². The summed E-state index contributed by atoms with van der Waals surface area (Å²) in [4.78, 5) is 14.4. The van der Waals surface area contributed by atoms with Gasteiger partial charge in [0.2, 0.25) is 15.9 Å². The van der Waals surface area contributed by atoms with Crippen molar-refractivity contribution in [2.24, 2.45) is 0 Å². The molecule has 0 spiro atoms. The number of anilines is 2. The number of sulfonamides is 1. The van der Waals surface area contributed by atoms with Gasteiger partial charge >= 0.3 is 0 Å². The lowest BCUT2D eigenvalue weighted by molar-refractivity contribution is -0.119. The van der Waals surface area contributed by atoms with Gasteiger partial charge in [0.05, 0.1) is 11.9 Å². The van der Waals surface area contributed by atoms with Crippen molar-refractivity contribution in [2.75, 3.05) is 35.7 Å². The van der Waals surface area contributed by atoms with Crippen LogP contribution in [0, 0.1) is 0 Å². The first-order valence-corrected chi connectivity index (χ1v) is 10.4. The molecule has 0 aromatic heterocycles. The van der Waals surface area contributed by atoms with Crippen molar-refractivity contribution in [3.63, 3.8) is 0 Å². The monoisotopic (exact) mass is 390 g/mol. The number of benzene rings is 2. The third-order valence-corrected chi connectivity index (χ3v) is 5.56. The minimum atomic E-state index is -3.72. The molecule has 1 aliphatic heterocycles. The lowest BCUT2D eigenvalue weighted by atomic mass is 10.2. The van der Waals surface area contributed by atoms with Gasteiger partial charge in [-0.05, 0) is 31.2 Å². The van der Waals surface area contributed by atoms with Gasteiger partial charge in [-0.1, -0.05) is 18.2 Å². The van der Waals surface area contributed by atoms with Gasteiger partial charge in [-0.25, -0.2) is 8.42 Å². The van der Waals surface area contributed by atoms with E-state index in [0.29, 0.717) is 36.1 Å². The number of nitrogens with zero attached hydrogens (tertiary/aromatic N) is 2. The lowest BCUT2D eigenvalue weighted by Gasteiger charge is -2.31. The second-order valence-corrected chi connectivity index (χ2v) is 8.15. The van der Waals surface area contributed by atoms with Gasteiger partial charge < -0.3 is 14.4 Å². The van der Waals surface area contributed by atoms with E-state index in [0.717, 1.165) is 10.6 Å². The minimum absolute atomic E-state index is 0.346. The number of rotatable bonds is 5. The number of ether oxygens (including phenoxy) is 2. The number of para-hydroxylation sites is 1. The average Bonchev–Trinajstić information content (AvgIpc) is 2.66. The fourth-order valence-corrected chi connectivity index (χ4v) is 4.19. The van der Waals surface area contributed by atoms with Crippen molar-refractivity contribution in [1.82, 2.24) is 0 Å². The molecule has 1 heterocycles. The van der Waals surface area contributed by atoms with Gasteiger partial charge in [-0.3, -0.25) is 9.10 Å². The maximum atomic E-state index is 13.0. The van der Waals surface area contributed by atoms with Crippen LogP contribution in [-0.2, 0) is 14.8 Å². The van der Waals surface area contributed by atoms with Crippen LogP contribution in [0.25, 0.3) is 0 Å². The summed E-state index contributed by atoms with van der Waals surface area (Å²) in [5, 5.41) is 0. The molecule has 0 aliphatic carbocycles. The number of hydrogen-bond acceptors (Lipinski definition) is 5. The Bertz CT molecular complexity index is 930. The van der Waals surface area contributed by atoms with Gasteiger partial charge in [0.15, 0.2) is 11.5 Å². The first kappa shape index (κ1) is 19.0. The topological polar surface area (TPSA) is 76.2 Å². The summed E-state index contributed by atoms with van der Waals surface area (Å²) in [6.07, 6.45) is 1.08. The second-order valence-electron chi connectivity index (χ2n) is 6.30. The molecular formula is C19H22N2O5S. The highest BCUT2D eigenvalue weighted by molar-refractivity contribution is 7.92. The number of hydrogen-bond donors (Lipinski definition) is 0. The molecule has 0 fully saturated rings. The lowest BCUT2D eigenvalue weighted by Crippen LogP contribution is -2.48. The van der Waals surface area contributed by atoms with Gasteiger partial charge in [-0.2, -0.15) is 0 Å². The summed E-state index contributed by atoms with van der Waals surface area (Å²) in [5.41, 5.74) is 1.04. The molecule has 0 radical (unpaired) electrons. The van der Waals surface area contributed by atoms with Crippen LogP contribution in [0.4, 0.5) is 11.4 Å². The van der Waals surface area contributed by atoms with Crippen LogP contribution in [0.2, 0.25) is 0 Å². The predicted molar refractivity (Wildman–Crippen MR) is 104 cm³/mol. The zero-order valence-electron chi connectivity index (χ0n) is 15.5. The molecule has 1 aliphatic rings. The van der Waals surface area contributed by atoms with E-state index in [2.05, 4.69) is 0 Å². The third kappa shape index (κ3) is 4.00. The molecule has 0 unspecified atom stereocenters. The largest absolute Gasteiger partial charge is 0.486 e. The molecule has 144 valence electrons. The van der Waals surface area contributed by atoms with E-state index >= 15 is 0 Å². The smallest absolute Gasteiger partial charge is 0.250 e. The van der Waals surface area contributed by atoms with Gasteiger partial charge in [0.25, 0.3) is 0 Å². The Hall–Kier alpha value is -2.74. The number of fused-ring (bicyclic) bond motifs is 1. The molecule has 0 saturated carbocycles. The number of amides is 1. The first-order chi connectivity index (χ1) is 12.8. The molecule has 2 aromatic carbocycles. The van der Waals surface area contributed by atoms with E-state index in [-0.39, 0.29) is 5.91 Å². The molecule has 0 saturated heterocycles. The van der Waals surface area contributed by atoms with Crippen molar-refractivity contribution in [3.05, 3.63) is 48.5 Å². The number of likely N-dealkylation sites (N-methyl/N-ethyl adjacent to an activating group) is 1. The molecule has 8 heteroatoms. The van der Waals surface area contributed by atoms with Crippen LogP contribution in [0.1, 0.15) is 6.92 Å². The highest BCUT2D eigenvalue weighted by Gasteiger charge is 2.32. The number of carbonyl (C=O) groups is 1. The van der Waals surface area contributed by atoms with Crippen molar-refractivity contribution in [2.45, 2.75) is 13.0 Å². The third-order valence-electron chi connectivity index (χ3n) is 4.32. The number of carbonyl (C=O) groups excluding carboxylic acids is 1. The highest BCUT2D eigenvalue weighted by atomic mass is 32.2. The molecular weight excluding hydrogens is 368 g/mol. The van der Waals surface area contributed by atoms with E-state index < -0.39 is 16.1 Å². The van der Waals surface area contributed by atoms with Crippen molar-refractivity contribution >= 4 is 27.3 Å². The van der Waals surface area contributed by atoms with Crippen LogP contribution < -0.4 is 18.7 Å². The van der Waals surface area contributed by atoms with Crippen molar-refractivity contribution in [1.29, 1.82) is 0 Å². The molecule has 7 nitrogen and oxygen atoms in total. The Morgan fingerprint density at radius 2 is 1.63 bits per heavy atom. The fraction of sp³-hybridized carbons (Fsp3) is 0.316. The Morgan fingerprint density at radius 1 is 1.00 bits per heavy atom. The molecule has 0 bridgehead atoms. The second kappa shape index (κ2) is 7.48. The zero-order valence-corrected chi connectivity index (χ0v) is 16.3. The Kier molecular flexibility index (Phi) is 5.27. The summed E-state index contributed by atoms with van der Waals surface area (Å²) in [6, 6.07) is 13.0. The summed E-state index contributed by atoms with van der Waals surface area (Å²) in [6.45, 7) is 2.40. The predicted octanol–water partition coefficient (Wildman–Crippen LogP) is 2.28. The highest BCUT2D eigenvalue weighted by Crippen LogP contribution is 2.35. The SMILES string of the molecule is C[C@@H](C(=O)N(C)c1ccccc1)N(c1ccc2c(c1)OCCO2)S(C)(=O)=O. The zero-order chi connectivity index (χ0) is 19.6. The van der Waals surface area contributed by atoms with Crippen LogP contribution in [0.5, 0.6) is 11.5 Å². The standard InChI is InChI=1S/C19H22N2O5S/c1-14(19(22)20(2)15-7-5-4-6-8-15)21(27(3,23)24)16-9-10-17-18(13-16)26-12-11-25-17/h4-10,13-14H,11-12H2,1-3H3/t14-/m0/s1. The normalized spacial score (nSPS) is 14.3. The van der Waals surface area contributed by atoms with E-state index in [4.69, 9.17) is 9.47 Å². The van der Waals surface area contributed by atoms with E-state index in [1.54, 1.807) is 44.3 Å². The maximum Gasteiger partial charge on any atom is 0.250 e. The molecule has 2 aromatic rings. The maximum absolute atomic E-state index is 13.0.